The van der Waals surface area contributed by atoms with Crippen molar-refractivity contribution in [1.82, 2.24) is 5.32 Å². The van der Waals surface area contributed by atoms with Gasteiger partial charge in [0.15, 0.2) is 0 Å². The van der Waals surface area contributed by atoms with E-state index in [0.717, 1.165) is 0 Å². The molecule has 0 saturated heterocycles. The van der Waals surface area contributed by atoms with Gasteiger partial charge in [-0.2, -0.15) is 0 Å². The molecule has 84 valence electrons. The smallest absolute Gasteiger partial charge is 0.263 e. The Morgan fingerprint density at radius 1 is 1.67 bits per heavy atom. The maximum atomic E-state index is 11.8. The molecule has 1 amide bonds. The number of rotatable bonds is 4. The zero-order valence-electron chi connectivity index (χ0n) is 9.16. The van der Waals surface area contributed by atoms with Gasteiger partial charge >= 0.3 is 0 Å². The van der Waals surface area contributed by atoms with Crippen molar-refractivity contribution in [1.29, 1.82) is 0 Å². The highest BCUT2D eigenvalue weighted by molar-refractivity contribution is 7.12. The quantitative estimate of drug-likeness (QED) is 0.820. The average Bonchev–Trinajstić information content (AvgIpc) is 2.50. The van der Waals surface area contributed by atoms with E-state index in [9.17, 15) is 4.79 Å². The fraction of sp³-hybridized carbons (Fsp3) is 0.500. The Hall–Kier alpha value is -1.07. The molecule has 0 radical (unpaired) electrons. The number of ether oxygens (including phenoxy) is 1. The molecule has 0 saturated carbocycles. The summed E-state index contributed by atoms with van der Waals surface area (Å²) in [5, 5.41) is 4.67. The molecular formula is C10H16N2O2S. The lowest BCUT2D eigenvalue weighted by atomic mass is 10.1. The van der Waals surface area contributed by atoms with Crippen LogP contribution < -0.4 is 11.1 Å². The second-order valence-electron chi connectivity index (χ2n) is 3.98. The zero-order valence-corrected chi connectivity index (χ0v) is 9.98. The summed E-state index contributed by atoms with van der Waals surface area (Å²) in [6, 6.07) is 1.73. The summed E-state index contributed by atoms with van der Waals surface area (Å²) in [5.41, 5.74) is 5.79. The van der Waals surface area contributed by atoms with Crippen LogP contribution >= 0.6 is 11.3 Å². The Morgan fingerprint density at radius 2 is 2.33 bits per heavy atom. The maximum Gasteiger partial charge on any atom is 0.263 e. The summed E-state index contributed by atoms with van der Waals surface area (Å²) < 4.78 is 5.01. The van der Waals surface area contributed by atoms with Gasteiger partial charge in [-0.05, 0) is 25.3 Å². The Labute approximate surface area is 93.4 Å². The highest BCUT2D eigenvalue weighted by Gasteiger charge is 2.22. The van der Waals surface area contributed by atoms with Crippen molar-refractivity contribution >= 4 is 22.9 Å². The van der Waals surface area contributed by atoms with Gasteiger partial charge in [-0.3, -0.25) is 4.79 Å². The highest BCUT2D eigenvalue weighted by Crippen LogP contribution is 2.19. The molecule has 0 atom stereocenters. The van der Waals surface area contributed by atoms with E-state index in [1.54, 1.807) is 18.6 Å². The van der Waals surface area contributed by atoms with Gasteiger partial charge < -0.3 is 15.8 Å². The van der Waals surface area contributed by atoms with E-state index in [1.807, 2.05) is 13.8 Å². The van der Waals surface area contributed by atoms with Gasteiger partial charge in [-0.25, -0.2) is 0 Å². The van der Waals surface area contributed by atoms with E-state index in [4.69, 9.17) is 10.5 Å². The van der Waals surface area contributed by atoms with Gasteiger partial charge in [0.2, 0.25) is 0 Å². The largest absolute Gasteiger partial charge is 0.397 e. The third-order valence-corrected chi connectivity index (χ3v) is 2.79. The van der Waals surface area contributed by atoms with Crippen molar-refractivity contribution in [3.8, 4) is 0 Å². The first-order chi connectivity index (χ1) is 6.96. The predicted octanol–water partition coefficient (Wildman–Crippen LogP) is 1.49. The van der Waals surface area contributed by atoms with Crippen LogP contribution in [0.2, 0.25) is 0 Å². The Balaban J connectivity index is 2.68. The van der Waals surface area contributed by atoms with Gasteiger partial charge in [0.25, 0.3) is 5.91 Å². The Bertz CT molecular complexity index is 347. The summed E-state index contributed by atoms with van der Waals surface area (Å²) >= 11 is 1.34. The summed E-state index contributed by atoms with van der Waals surface area (Å²) in [7, 11) is 1.60. The molecule has 4 nitrogen and oxygen atoms in total. The molecular weight excluding hydrogens is 212 g/mol. The standard InChI is InChI=1S/C10H16N2O2S/c1-10(2,6-14-3)12-9(13)8-7(11)4-5-15-8/h4-5H,6,11H2,1-3H3,(H,12,13). The first kappa shape index (κ1) is 12.0. The number of amides is 1. The van der Waals surface area contributed by atoms with E-state index >= 15 is 0 Å². The summed E-state index contributed by atoms with van der Waals surface area (Å²) in [4.78, 5) is 12.3. The van der Waals surface area contributed by atoms with Crippen molar-refractivity contribution in [3.05, 3.63) is 16.3 Å². The predicted molar refractivity (Wildman–Crippen MR) is 62.2 cm³/mol. The van der Waals surface area contributed by atoms with Crippen LogP contribution in [0.1, 0.15) is 23.5 Å². The molecule has 15 heavy (non-hydrogen) atoms. The van der Waals surface area contributed by atoms with Crippen LogP contribution in [0.25, 0.3) is 0 Å². The molecule has 0 aliphatic carbocycles. The van der Waals surface area contributed by atoms with Crippen LogP contribution in [0, 0.1) is 0 Å². The van der Waals surface area contributed by atoms with Crippen LogP contribution in [-0.4, -0.2) is 25.2 Å². The number of carbonyl (C=O) groups is 1. The normalized spacial score (nSPS) is 11.4. The molecule has 0 aromatic carbocycles. The van der Waals surface area contributed by atoms with Gasteiger partial charge in [0, 0.05) is 7.11 Å². The molecule has 0 unspecified atom stereocenters. The molecule has 1 rings (SSSR count). The van der Waals surface area contributed by atoms with Crippen molar-refractivity contribution < 1.29 is 9.53 Å². The van der Waals surface area contributed by atoms with Crippen LogP contribution in [0.15, 0.2) is 11.4 Å². The van der Waals surface area contributed by atoms with Crippen molar-refractivity contribution in [2.45, 2.75) is 19.4 Å². The number of carbonyl (C=O) groups excluding carboxylic acids is 1. The molecule has 3 N–H and O–H groups in total. The Morgan fingerprint density at radius 3 is 2.80 bits per heavy atom. The maximum absolute atomic E-state index is 11.8. The van der Waals surface area contributed by atoms with Crippen LogP contribution in [0.4, 0.5) is 5.69 Å². The van der Waals surface area contributed by atoms with Gasteiger partial charge in [-0.15, -0.1) is 11.3 Å². The number of anilines is 1. The number of thiophene rings is 1. The number of nitrogens with two attached hydrogens (primary N) is 1. The third kappa shape index (κ3) is 3.21. The number of methoxy groups -OCH3 is 1. The highest BCUT2D eigenvalue weighted by atomic mass is 32.1. The molecule has 1 aromatic heterocycles. The fourth-order valence-electron chi connectivity index (χ4n) is 1.26. The molecule has 0 aliphatic heterocycles. The van der Waals surface area contributed by atoms with Crippen LogP contribution in [0.5, 0.6) is 0 Å². The SMILES string of the molecule is COCC(C)(C)NC(=O)c1sccc1N. The van der Waals surface area contributed by atoms with Crippen molar-refractivity contribution in [2.75, 3.05) is 19.5 Å². The molecule has 1 aromatic rings. The molecule has 5 heteroatoms. The van der Waals surface area contributed by atoms with Gasteiger partial charge in [0.1, 0.15) is 4.88 Å². The van der Waals surface area contributed by atoms with E-state index in [2.05, 4.69) is 5.32 Å². The van der Waals surface area contributed by atoms with E-state index in [0.29, 0.717) is 17.2 Å². The summed E-state index contributed by atoms with van der Waals surface area (Å²) in [5.74, 6) is -0.149. The molecule has 0 fully saturated rings. The van der Waals surface area contributed by atoms with Gasteiger partial charge in [0.05, 0.1) is 17.8 Å². The van der Waals surface area contributed by atoms with Crippen molar-refractivity contribution in [2.24, 2.45) is 0 Å². The molecule has 0 aliphatic rings. The molecule has 0 spiro atoms. The average molecular weight is 228 g/mol. The number of nitrogen functional groups attached to an aromatic ring is 1. The van der Waals surface area contributed by atoms with E-state index in [-0.39, 0.29) is 11.4 Å². The first-order valence-electron chi connectivity index (χ1n) is 4.61. The minimum atomic E-state index is -0.387. The fourth-order valence-corrected chi connectivity index (χ4v) is 1.98. The number of hydrogen-bond donors (Lipinski definition) is 2. The molecule has 0 bridgehead atoms. The monoisotopic (exact) mass is 228 g/mol. The van der Waals surface area contributed by atoms with E-state index in [1.165, 1.54) is 11.3 Å². The van der Waals surface area contributed by atoms with Crippen LogP contribution in [-0.2, 0) is 4.74 Å². The van der Waals surface area contributed by atoms with Gasteiger partial charge in [-0.1, -0.05) is 0 Å². The lowest BCUT2D eigenvalue weighted by Gasteiger charge is -2.24. The van der Waals surface area contributed by atoms with Crippen molar-refractivity contribution in [3.63, 3.8) is 0 Å². The number of nitrogens with one attached hydrogen (secondary N) is 1. The topological polar surface area (TPSA) is 64.3 Å². The third-order valence-electron chi connectivity index (χ3n) is 1.86. The zero-order chi connectivity index (χ0) is 11.5. The van der Waals surface area contributed by atoms with E-state index < -0.39 is 0 Å². The summed E-state index contributed by atoms with van der Waals surface area (Å²) in [6.45, 7) is 4.26. The molecule has 1 heterocycles. The minimum absolute atomic E-state index is 0.149. The first-order valence-corrected chi connectivity index (χ1v) is 5.48. The lowest BCUT2D eigenvalue weighted by Crippen LogP contribution is -2.46. The minimum Gasteiger partial charge on any atom is -0.397 e. The van der Waals surface area contributed by atoms with Crippen LogP contribution in [0.3, 0.4) is 0 Å². The summed E-state index contributed by atoms with van der Waals surface area (Å²) in [6.07, 6.45) is 0. The second kappa shape index (κ2) is 4.63. The Kier molecular flexibility index (Phi) is 3.71. The lowest BCUT2D eigenvalue weighted by molar-refractivity contribution is 0.0824. The second-order valence-corrected chi connectivity index (χ2v) is 4.89. The number of hydrogen-bond acceptors (Lipinski definition) is 4.